The summed E-state index contributed by atoms with van der Waals surface area (Å²) in [7, 11) is 1.99. The molecule has 2 aromatic rings. The largest absolute Gasteiger partial charge is 0.325 e. The molecule has 1 aromatic heterocycles. The number of carbonyl (C=O) groups is 1. The molecule has 1 aliphatic rings. The van der Waals surface area contributed by atoms with Crippen LogP contribution >= 0.6 is 23.4 Å². The fraction of sp³-hybridized carbons (Fsp3) is 0.500. The third-order valence-corrected chi connectivity index (χ3v) is 6.05. The lowest BCUT2D eigenvalue weighted by Gasteiger charge is -2.20. The van der Waals surface area contributed by atoms with Gasteiger partial charge >= 0.3 is 0 Å². The van der Waals surface area contributed by atoms with Gasteiger partial charge in [-0.3, -0.25) is 4.79 Å². The van der Waals surface area contributed by atoms with E-state index < -0.39 is 0 Å². The number of hydrogen-bond acceptors (Lipinski definition) is 4. The molecular weight excluding hydrogens is 356 g/mol. The Kier molecular flexibility index (Phi) is 6.02. The van der Waals surface area contributed by atoms with E-state index in [0.717, 1.165) is 16.5 Å². The third kappa shape index (κ3) is 4.55. The molecule has 1 fully saturated rings. The maximum absolute atomic E-state index is 12.2. The first-order chi connectivity index (χ1) is 12.0. The summed E-state index contributed by atoms with van der Waals surface area (Å²) in [5, 5.41) is 12.9. The van der Waals surface area contributed by atoms with Gasteiger partial charge in [0.15, 0.2) is 5.16 Å². The van der Waals surface area contributed by atoms with Crippen molar-refractivity contribution in [2.24, 2.45) is 7.05 Å². The molecule has 7 heteroatoms. The van der Waals surface area contributed by atoms with Crippen LogP contribution in [0.3, 0.4) is 0 Å². The summed E-state index contributed by atoms with van der Waals surface area (Å²) in [6.07, 6.45) is 6.22. The van der Waals surface area contributed by atoms with Crippen molar-refractivity contribution in [1.29, 1.82) is 0 Å². The van der Waals surface area contributed by atoms with E-state index >= 15 is 0 Å². The number of nitrogens with zero attached hydrogens (tertiary/aromatic N) is 3. The van der Waals surface area contributed by atoms with E-state index in [-0.39, 0.29) is 5.91 Å². The summed E-state index contributed by atoms with van der Waals surface area (Å²) in [4.78, 5) is 12.2. The van der Waals surface area contributed by atoms with Crippen LogP contribution in [0, 0.1) is 6.92 Å². The minimum absolute atomic E-state index is 0.0767. The number of thioether (sulfide) groups is 1. The molecule has 0 saturated heterocycles. The van der Waals surface area contributed by atoms with Gasteiger partial charge in [0.1, 0.15) is 5.82 Å². The first-order valence-corrected chi connectivity index (χ1v) is 9.99. The Labute approximate surface area is 157 Å². The van der Waals surface area contributed by atoms with Crippen molar-refractivity contribution in [3.63, 3.8) is 0 Å². The predicted octanol–water partition coefficient (Wildman–Crippen LogP) is 4.56. The number of aryl methyl sites for hydroxylation is 1. The molecule has 0 spiro atoms. The predicted molar refractivity (Wildman–Crippen MR) is 102 cm³/mol. The van der Waals surface area contributed by atoms with Gasteiger partial charge in [-0.2, -0.15) is 0 Å². The average molecular weight is 379 g/mol. The minimum Gasteiger partial charge on any atom is -0.325 e. The topological polar surface area (TPSA) is 59.8 Å². The molecular formula is C18H23ClN4OS. The standard InChI is InChI=1S/C18H23ClN4OS/c1-12-8-9-14(10-15(12)19)20-16(24)11-25-18-22-21-17(23(18)2)13-6-4-3-5-7-13/h8-10,13H,3-7,11H2,1-2H3,(H,20,24). The molecule has 3 rings (SSSR count). The van der Waals surface area contributed by atoms with Gasteiger partial charge < -0.3 is 9.88 Å². The second-order valence-corrected chi connectivity index (χ2v) is 7.89. The smallest absolute Gasteiger partial charge is 0.234 e. The van der Waals surface area contributed by atoms with Crippen molar-refractivity contribution in [3.05, 3.63) is 34.6 Å². The molecule has 0 atom stereocenters. The van der Waals surface area contributed by atoms with Crippen molar-refractivity contribution < 1.29 is 4.79 Å². The lowest BCUT2D eigenvalue weighted by Crippen LogP contribution is -2.15. The van der Waals surface area contributed by atoms with Gasteiger partial charge in [0.25, 0.3) is 0 Å². The Balaban J connectivity index is 1.56. The lowest BCUT2D eigenvalue weighted by molar-refractivity contribution is -0.113. The molecule has 0 aliphatic heterocycles. The van der Waals surface area contributed by atoms with E-state index in [0.29, 0.717) is 22.4 Å². The first-order valence-electron chi connectivity index (χ1n) is 8.62. The Bertz CT molecular complexity index is 756. The number of nitrogens with one attached hydrogen (secondary N) is 1. The highest BCUT2D eigenvalue weighted by Crippen LogP contribution is 2.32. The van der Waals surface area contributed by atoms with Gasteiger partial charge in [-0.1, -0.05) is 48.7 Å². The number of aromatic nitrogens is 3. The molecule has 25 heavy (non-hydrogen) atoms. The minimum atomic E-state index is -0.0767. The van der Waals surface area contributed by atoms with Crippen molar-refractivity contribution in [2.75, 3.05) is 11.1 Å². The molecule has 0 radical (unpaired) electrons. The zero-order valence-corrected chi connectivity index (χ0v) is 16.2. The van der Waals surface area contributed by atoms with E-state index in [4.69, 9.17) is 11.6 Å². The molecule has 1 amide bonds. The van der Waals surface area contributed by atoms with Crippen LogP contribution in [-0.2, 0) is 11.8 Å². The van der Waals surface area contributed by atoms with Gasteiger partial charge in [-0.15, -0.1) is 10.2 Å². The number of anilines is 1. The van der Waals surface area contributed by atoms with Crippen LogP contribution in [0.4, 0.5) is 5.69 Å². The maximum atomic E-state index is 12.2. The molecule has 1 N–H and O–H groups in total. The van der Waals surface area contributed by atoms with Crippen LogP contribution in [0.2, 0.25) is 5.02 Å². The zero-order valence-electron chi connectivity index (χ0n) is 14.6. The number of amides is 1. The van der Waals surface area contributed by atoms with E-state index in [1.54, 1.807) is 6.07 Å². The maximum Gasteiger partial charge on any atom is 0.234 e. The number of halogens is 1. The van der Waals surface area contributed by atoms with Crippen molar-refractivity contribution in [2.45, 2.75) is 50.1 Å². The second-order valence-electron chi connectivity index (χ2n) is 6.54. The van der Waals surface area contributed by atoms with Crippen LogP contribution in [-0.4, -0.2) is 26.4 Å². The molecule has 5 nitrogen and oxygen atoms in total. The number of carbonyl (C=O) groups excluding carboxylic acids is 1. The number of rotatable bonds is 5. The molecule has 1 heterocycles. The van der Waals surface area contributed by atoms with Gasteiger partial charge in [-0.25, -0.2) is 0 Å². The Hall–Kier alpha value is -1.53. The monoisotopic (exact) mass is 378 g/mol. The Morgan fingerprint density at radius 1 is 1.32 bits per heavy atom. The van der Waals surface area contributed by atoms with E-state index in [2.05, 4.69) is 15.5 Å². The summed E-state index contributed by atoms with van der Waals surface area (Å²) in [6.45, 7) is 1.93. The van der Waals surface area contributed by atoms with Gasteiger partial charge in [0, 0.05) is 23.7 Å². The van der Waals surface area contributed by atoms with Gasteiger partial charge in [-0.05, 0) is 37.5 Å². The van der Waals surface area contributed by atoms with Crippen molar-refractivity contribution in [1.82, 2.24) is 14.8 Å². The number of hydrogen-bond donors (Lipinski definition) is 1. The van der Waals surface area contributed by atoms with Gasteiger partial charge in [0.05, 0.1) is 5.75 Å². The summed E-state index contributed by atoms with van der Waals surface area (Å²) in [5.74, 6) is 1.77. The first kappa shape index (κ1) is 18.3. The quantitative estimate of drug-likeness (QED) is 0.775. The van der Waals surface area contributed by atoms with Crippen LogP contribution in [0.25, 0.3) is 0 Å². The van der Waals surface area contributed by atoms with Crippen LogP contribution < -0.4 is 5.32 Å². The SMILES string of the molecule is Cc1ccc(NC(=O)CSc2nnc(C3CCCCC3)n2C)cc1Cl. The van der Waals surface area contributed by atoms with Crippen molar-refractivity contribution in [3.8, 4) is 0 Å². The van der Waals surface area contributed by atoms with E-state index in [1.807, 2.05) is 30.7 Å². The average Bonchev–Trinajstić information content (AvgIpc) is 2.98. The molecule has 1 saturated carbocycles. The summed E-state index contributed by atoms with van der Waals surface area (Å²) >= 11 is 7.50. The molecule has 134 valence electrons. The van der Waals surface area contributed by atoms with Crippen LogP contribution in [0.5, 0.6) is 0 Å². The summed E-state index contributed by atoms with van der Waals surface area (Å²) in [5.41, 5.74) is 1.70. The van der Waals surface area contributed by atoms with E-state index in [1.165, 1.54) is 43.9 Å². The third-order valence-electron chi connectivity index (χ3n) is 4.63. The second kappa shape index (κ2) is 8.23. The molecule has 1 aromatic carbocycles. The number of benzene rings is 1. The van der Waals surface area contributed by atoms with Gasteiger partial charge in [0.2, 0.25) is 5.91 Å². The molecule has 0 bridgehead atoms. The highest BCUT2D eigenvalue weighted by Gasteiger charge is 2.22. The highest BCUT2D eigenvalue weighted by atomic mass is 35.5. The molecule has 1 aliphatic carbocycles. The Morgan fingerprint density at radius 2 is 2.08 bits per heavy atom. The van der Waals surface area contributed by atoms with Crippen LogP contribution in [0.15, 0.2) is 23.4 Å². The lowest BCUT2D eigenvalue weighted by atomic mass is 9.89. The van der Waals surface area contributed by atoms with Crippen LogP contribution in [0.1, 0.15) is 49.4 Å². The van der Waals surface area contributed by atoms with E-state index in [9.17, 15) is 4.79 Å². The van der Waals surface area contributed by atoms with Crippen molar-refractivity contribution >= 4 is 35.0 Å². The Morgan fingerprint density at radius 3 is 2.80 bits per heavy atom. The highest BCUT2D eigenvalue weighted by molar-refractivity contribution is 7.99. The summed E-state index contributed by atoms with van der Waals surface area (Å²) < 4.78 is 2.04. The normalized spacial score (nSPS) is 15.3. The summed E-state index contributed by atoms with van der Waals surface area (Å²) in [6, 6.07) is 5.51. The fourth-order valence-corrected chi connectivity index (χ4v) is 4.06. The zero-order chi connectivity index (χ0) is 17.8. The fourth-order valence-electron chi connectivity index (χ4n) is 3.17. The molecule has 0 unspecified atom stereocenters.